The first-order valence-corrected chi connectivity index (χ1v) is 10.1. The molecule has 0 saturated carbocycles. The molecule has 1 heterocycles. The third-order valence-electron chi connectivity index (χ3n) is 5.27. The second-order valence-electron chi connectivity index (χ2n) is 7.17. The Balaban J connectivity index is 1.47. The van der Waals surface area contributed by atoms with Crippen molar-refractivity contribution in [2.24, 2.45) is 5.92 Å². The highest BCUT2D eigenvalue weighted by molar-refractivity contribution is 6.00. The number of benzene rings is 2. The molecule has 154 valence electrons. The summed E-state index contributed by atoms with van der Waals surface area (Å²) >= 11 is 0. The van der Waals surface area contributed by atoms with Gasteiger partial charge in [0.2, 0.25) is 11.8 Å². The molecule has 2 aromatic rings. The van der Waals surface area contributed by atoms with Gasteiger partial charge in [0.1, 0.15) is 5.75 Å². The van der Waals surface area contributed by atoms with E-state index in [2.05, 4.69) is 29.3 Å². The average Bonchev–Trinajstić information content (AvgIpc) is 3.16. The molecule has 6 heteroatoms. The summed E-state index contributed by atoms with van der Waals surface area (Å²) in [5, 5.41) is 3.00. The van der Waals surface area contributed by atoms with Crippen molar-refractivity contribution < 1.29 is 14.3 Å². The Morgan fingerprint density at radius 3 is 2.72 bits per heavy atom. The summed E-state index contributed by atoms with van der Waals surface area (Å²) in [4.78, 5) is 28.9. The zero-order valence-corrected chi connectivity index (χ0v) is 17.1. The van der Waals surface area contributed by atoms with Crippen LogP contribution in [-0.4, -0.2) is 45.1 Å². The van der Waals surface area contributed by atoms with E-state index in [1.807, 2.05) is 42.5 Å². The number of carbonyl (C=O) groups is 2. The van der Waals surface area contributed by atoms with E-state index in [9.17, 15) is 9.59 Å². The van der Waals surface area contributed by atoms with E-state index in [0.29, 0.717) is 18.8 Å². The zero-order valence-electron chi connectivity index (χ0n) is 17.1. The van der Waals surface area contributed by atoms with E-state index < -0.39 is 0 Å². The number of carbonyl (C=O) groups excluding carboxylic acids is 2. The Kier molecular flexibility index (Phi) is 7.11. The highest BCUT2D eigenvalue weighted by Crippen LogP contribution is 2.28. The summed E-state index contributed by atoms with van der Waals surface area (Å²) < 4.78 is 5.23. The van der Waals surface area contributed by atoms with E-state index in [-0.39, 0.29) is 24.2 Å². The van der Waals surface area contributed by atoms with E-state index in [1.54, 1.807) is 12.0 Å². The lowest BCUT2D eigenvalue weighted by molar-refractivity contribution is -0.126. The smallest absolute Gasteiger partial charge is 0.227 e. The van der Waals surface area contributed by atoms with Gasteiger partial charge in [-0.3, -0.25) is 9.59 Å². The summed E-state index contributed by atoms with van der Waals surface area (Å²) in [5.41, 5.74) is 1.96. The first-order valence-electron chi connectivity index (χ1n) is 10.1. The zero-order chi connectivity index (χ0) is 20.6. The van der Waals surface area contributed by atoms with Crippen molar-refractivity contribution in [3.8, 4) is 5.75 Å². The van der Waals surface area contributed by atoms with Crippen LogP contribution in [0.25, 0.3) is 0 Å². The fraction of sp³-hybridized carbons (Fsp3) is 0.391. The van der Waals surface area contributed by atoms with Crippen LogP contribution in [0.2, 0.25) is 0 Å². The molecule has 2 aromatic carbocycles. The highest BCUT2D eigenvalue weighted by Gasteiger charge is 2.35. The third-order valence-corrected chi connectivity index (χ3v) is 5.27. The van der Waals surface area contributed by atoms with Gasteiger partial charge in [0, 0.05) is 50.0 Å². The molecular weight excluding hydrogens is 366 g/mol. The minimum absolute atomic E-state index is 0.0281. The number of nitrogens with zero attached hydrogens (tertiary/aromatic N) is 2. The molecule has 29 heavy (non-hydrogen) atoms. The Labute approximate surface area is 172 Å². The third kappa shape index (κ3) is 5.28. The number of amides is 2. The van der Waals surface area contributed by atoms with E-state index >= 15 is 0 Å². The van der Waals surface area contributed by atoms with E-state index in [1.165, 1.54) is 5.69 Å². The van der Waals surface area contributed by atoms with Crippen LogP contribution in [-0.2, 0) is 9.59 Å². The lowest BCUT2D eigenvalue weighted by Gasteiger charge is -2.23. The lowest BCUT2D eigenvalue weighted by Crippen LogP contribution is -2.35. The standard InChI is InChI=1S/C23H29N3O3/c1-3-25(19-9-5-4-6-10-19)14-8-13-24-23(28)18-15-22(27)26(17-18)20-11-7-12-21(16-20)29-2/h4-7,9-12,16,18H,3,8,13-15,17H2,1-2H3,(H,24,28). The topological polar surface area (TPSA) is 61.9 Å². The minimum Gasteiger partial charge on any atom is -0.497 e. The predicted octanol–water partition coefficient (Wildman–Crippen LogP) is 3.08. The molecule has 0 radical (unpaired) electrons. The van der Waals surface area contributed by atoms with Gasteiger partial charge < -0.3 is 19.9 Å². The van der Waals surface area contributed by atoms with Crippen LogP contribution in [0.5, 0.6) is 5.75 Å². The van der Waals surface area contributed by atoms with Crippen LogP contribution in [0.1, 0.15) is 19.8 Å². The molecule has 0 bridgehead atoms. The van der Waals surface area contributed by atoms with Gasteiger partial charge in [0.25, 0.3) is 0 Å². The number of rotatable bonds is 9. The van der Waals surface area contributed by atoms with Crippen molar-refractivity contribution in [2.75, 3.05) is 43.1 Å². The number of hydrogen-bond acceptors (Lipinski definition) is 4. The number of nitrogens with one attached hydrogen (secondary N) is 1. The van der Waals surface area contributed by atoms with Crippen LogP contribution >= 0.6 is 0 Å². The maximum atomic E-state index is 12.5. The quantitative estimate of drug-likeness (QED) is 0.663. The number of methoxy groups -OCH3 is 1. The molecular formula is C23H29N3O3. The second kappa shape index (κ2) is 9.96. The van der Waals surface area contributed by atoms with Gasteiger partial charge >= 0.3 is 0 Å². The average molecular weight is 396 g/mol. The van der Waals surface area contributed by atoms with Gasteiger partial charge in [-0.1, -0.05) is 24.3 Å². The van der Waals surface area contributed by atoms with Gasteiger partial charge in [0.05, 0.1) is 13.0 Å². The van der Waals surface area contributed by atoms with Gasteiger partial charge in [-0.15, -0.1) is 0 Å². The molecule has 1 aliphatic heterocycles. The summed E-state index contributed by atoms with van der Waals surface area (Å²) in [6.07, 6.45) is 1.10. The highest BCUT2D eigenvalue weighted by atomic mass is 16.5. The summed E-state index contributed by atoms with van der Waals surface area (Å²) in [5.74, 6) is 0.304. The number of hydrogen-bond donors (Lipinski definition) is 1. The fourth-order valence-electron chi connectivity index (χ4n) is 3.65. The van der Waals surface area contributed by atoms with Crippen LogP contribution in [0.4, 0.5) is 11.4 Å². The first-order chi connectivity index (χ1) is 14.1. The summed E-state index contributed by atoms with van der Waals surface area (Å²) in [6.45, 7) is 4.93. The Morgan fingerprint density at radius 1 is 1.21 bits per heavy atom. The van der Waals surface area contributed by atoms with Crippen molar-refractivity contribution in [3.05, 3.63) is 54.6 Å². The molecule has 1 atom stereocenters. The maximum absolute atomic E-state index is 12.5. The molecule has 1 saturated heterocycles. The van der Waals surface area contributed by atoms with Gasteiger partial charge in [-0.25, -0.2) is 0 Å². The first kappa shape index (κ1) is 20.7. The van der Waals surface area contributed by atoms with Crippen molar-refractivity contribution in [1.82, 2.24) is 5.32 Å². The van der Waals surface area contributed by atoms with Gasteiger partial charge in [-0.05, 0) is 37.6 Å². The minimum atomic E-state index is -0.315. The number of anilines is 2. The molecule has 1 N–H and O–H groups in total. The van der Waals surface area contributed by atoms with Crippen molar-refractivity contribution in [2.45, 2.75) is 19.8 Å². The monoisotopic (exact) mass is 395 g/mol. The number of para-hydroxylation sites is 1. The number of ether oxygens (including phenoxy) is 1. The molecule has 0 spiro atoms. The van der Waals surface area contributed by atoms with Crippen molar-refractivity contribution in [3.63, 3.8) is 0 Å². The molecule has 3 rings (SSSR count). The molecule has 2 amide bonds. The molecule has 0 aromatic heterocycles. The second-order valence-corrected chi connectivity index (χ2v) is 7.17. The summed E-state index contributed by atoms with van der Waals surface area (Å²) in [7, 11) is 1.60. The molecule has 1 unspecified atom stereocenters. The van der Waals surface area contributed by atoms with Crippen LogP contribution in [0.3, 0.4) is 0 Å². The van der Waals surface area contributed by atoms with E-state index in [4.69, 9.17) is 4.74 Å². The van der Waals surface area contributed by atoms with E-state index in [0.717, 1.165) is 25.2 Å². The Bertz CT molecular complexity index is 825. The largest absolute Gasteiger partial charge is 0.497 e. The van der Waals surface area contributed by atoms with Crippen LogP contribution in [0, 0.1) is 5.92 Å². The fourth-order valence-corrected chi connectivity index (χ4v) is 3.65. The van der Waals surface area contributed by atoms with Gasteiger partial charge in [-0.2, -0.15) is 0 Å². The predicted molar refractivity (Wildman–Crippen MR) is 115 cm³/mol. The van der Waals surface area contributed by atoms with Crippen LogP contribution < -0.4 is 19.9 Å². The van der Waals surface area contributed by atoms with Crippen molar-refractivity contribution in [1.29, 1.82) is 0 Å². The SMILES string of the molecule is CCN(CCCNC(=O)C1CC(=O)N(c2cccc(OC)c2)C1)c1ccccc1. The Hall–Kier alpha value is -3.02. The maximum Gasteiger partial charge on any atom is 0.227 e. The molecule has 1 fully saturated rings. The molecule has 6 nitrogen and oxygen atoms in total. The van der Waals surface area contributed by atoms with Crippen molar-refractivity contribution >= 4 is 23.2 Å². The normalized spacial score (nSPS) is 16.0. The van der Waals surface area contributed by atoms with Crippen LogP contribution in [0.15, 0.2) is 54.6 Å². The van der Waals surface area contributed by atoms with Gasteiger partial charge in [0.15, 0.2) is 0 Å². The Morgan fingerprint density at radius 2 is 2.00 bits per heavy atom. The summed E-state index contributed by atoms with van der Waals surface area (Å²) in [6, 6.07) is 17.6. The lowest BCUT2D eigenvalue weighted by atomic mass is 10.1. The molecule has 0 aliphatic carbocycles. The molecule has 1 aliphatic rings.